The molecule has 1 aromatic carbocycles. The largest absolute Gasteiger partial charge is 0.502 e. The van der Waals surface area contributed by atoms with Gasteiger partial charge in [0.2, 0.25) is 0 Å². The van der Waals surface area contributed by atoms with Crippen molar-refractivity contribution in [3.05, 3.63) is 40.6 Å². The molecule has 0 saturated carbocycles. The van der Waals surface area contributed by atoms with Gasteiger partial charge >= 0.3 is 0 Å². The molecule has 0 atom stereocenters. The molecule has 0 unspecified atom stereocenters. The van der Waals surface area contributed by atoms with E-state index in [-0.39, 0.29) is 24.8 Å². The van der Waals surface area contributed by atoms with E-state index in [0.29, 0.717) is 5.56 Å². The third-order valence-corrected chi connectivity index (χ3v) is 3.56. The number of carbonyl (C=O) groups is 2. The second-order valence-electron chi connectivity index (χ2n) is 5.72. The molecule has 0 radical (unpaired) electrons. The van der Waals surface area contributed by atoms with Crippen LogP contribution in [-0.2, 0) is 14.3 Å². The fourth-order valence-corrected chi connectivity index (χ4v) is 2.48. The van der Waals surface area contributed by atoms with Gasteiger partial charge in [-0.25, -0.2) is 0 Å². The molecule has 1 heterocycles. The maximum atomic E-state index is 12.5. The molecule has 0 aliphatic carbocycles. The van der Waals surface area contributed by atoms with Crippen molar-refractivity contribution in [2.24, 2.45) is 0 Å². The monoisotopic (exact) mass is 303 g/mol. The van der Waals surface area contributed by atoms with Crippen LogP contribution in [-0.4, -0.2) is 41.1 Å². The SMILES string of the molecule is Cc1ccc(C2=C(O)C(=O)N(CCOC(C)C)C2=O)c(C)c1. The number of carbonyl (C=O) groups excluding carboxylic acids is 2. The van der Waals surface area contributed by atoms with Gasteiger partial charge in [0, 0.05) is 0 Å². The topological polar surface area (TPSA) is 66.8 Å². The van der Waals surface area contributed by atoms with Gasteiger partial charge in [0.05, 0.1) is 24.8 Å². The average Bonchev–Trinajstić information content (AvgIpc) is 2.63. The Morgan fingerprint density at radius 1 is 1.18 bits per heavy atom. The summed E-state index contributed by atoms with van der Waals surface area (Å²) in [6, 6.07) is 5.53. The van der Waals surface area contributed by atoms with Gasteiger partial charge in [0.1, 0.15) is 0 Å². The fraction of sp³-hybridized carbons (Fsp3) is 0.412. The smallest absolute Gasteiger partial charge is 0.296 e. The van der Waals surface area contributed by atoms with Crippen molar-refractivity contribution in [1.82, 2.24) is 4.90 Å². The first-order valence-electron chi connectivity index (χ1n) is 7.31. The Labute approximate surface area is 130 Å². The Bertz CT molecular complexity index is 646. The summed E-state index contributed by atoms with van der Waals surface area (Å²) in [6.07, 6.45) is 0.0215. The number of rotatable bonds is 5. The van der Waals surface area contributed by atoms with Crippen molar-refractivity contribution in [3.8, 4) is 0 Å². The second kappa shape index (κ2) is 6.32. The first kappa shape index (κ1) is 16.2. The van der Waals surface area contributed by atoms with Crippen LogP contribution < -0.4 is 0 Å². The Kier molecular flexibility index (Phi) is 4.66. The van der Waals surface area contributed by atoms with Crippen LogP contribution >= 0.6 is 0 Å². The quantitative estimate of drug-likeness (QED) is 0.848. The number of aryl methyl sites for hydroxylation is 2. The summed E-state index contributed by atoms with van der Waals surface area (Å²) in [7, 11) is 0. The van der Waals surface area contributed by atoms with Crippen LogP contribution in [0.3, 0.4) is 0 Å². The van der Waals surface area contributed by atoms with Gasteiger partial charge in [0.15, 0.2) is 5.76 Å². The predicted molar refractivity (Wildman–Crippen MR) is 83.3 cm³/mol. The van der Waals surface area contributed by atoms with E-state index in [1.807, 2.05) is 39.8 Å². The van der Waals surface area contributed by atoms with Crippen molar-refractivity contribution >= 4 is 17.4 Å². The van der Waals surface area contributed by atoms with Crippen LogP contribution in [0.5, 0.6) is 0 Å². The highest BCUT2D eigenvalue weighted by Gasteiger charge is 2.39. The summed E-state index contributed by atoms with van der Waals surface area (Å²) in [5.41, 5.74) is 2.57. The number of nitrogens with zero attached hydrogens (tertiary/aromatic N) is 1. The Balaban J connectivity index is 2.25. The van der Waals surface area contributed by atoms with Crippen molar-refractivity contribution in [2.45, 2.75) is 33.8 Å². The molecule has 2 amide bonds. The van der Waals surface area contributed by atoms with Crippen LogP contribution in [0.1, 0.15) is 30.5 Å². The summed E-state index contributed by atoms with van der Waals surface area (Å²) in [5.74, 6) is -1.62. The number of aliphatic hydroxyl groups is 1. The molecule has 1 aliphatic rings. The summed E-state index contributed by atoms with van der Waals surface area (Å²) < 4.78 is 5.37. The van der Waals surface area contributed by atoms with Gasteiger partial charge in [-0.05, 0) is 38.8 Å². The van der Waals surface area contributed by atoms with Gasteiger partial charge in [-0.3, -0.25) is 14.5 Å². The van der Waals surface area contributed by atoms with Crippen LogP contribution in [0.4, 0.5) is 0 Å². The van der Waals surface area contributed by atoms with Crippen LogP contribution in [0.25, 0.3) is 5.57 Å². The van der Waals surface area contributed by atoms with E-state index < -0.39 is 17.6 Å². The molecule has 1 aromatic rings. The van der Waals surface area contributed by atoms with Gasteiger partial charge in [-0.15, -0.1) is 0 Å². The third-order valence-electron chi connectivity index (χ3n) is 3.56. The molecule has 5 heteroatoms. The van der Waals surface area contributed by atoms with Crippen molar-refractivity contribution in [2.75, 3.05) is 13.2 Å². The lowest BCUT2D eigenvalue weighted by Gasteiger charge is -2.16. The minimum Gasteiger partial charge on any atom is -0.502 e. The van der Waals surface area contributed by atoms with Crippen molar-refractivity contribution < 1.29 is 19.4 Å². The molecule has 2 rings (SSSR count). The highest BCUT2D eigenvalue weighted by molar-refractivity contribution is 6.35. The van der Waals surface area contributed by atoms with Crippen molar-refractivity contribution in [1.29, 1.82) is 0 Å². The summed E-state index contributed by atoms with van der Waals surface area (Å²) >= 11 is 0. The molecule has 118 valence electrons. The number of aliphatic hydroxyl groups excluding tert-OH is 1. The van der Waals surface area contributed by atoms with Crippen LogP contribution in [0, 0.1) is 13.8 Å². The number of hydrogen-bond donors (Lipinski definition) is 1. The van der Waals surface area contributed by atoms with E-state index >= 15 is 0 Å². The van der Waals surface area contributed by atoms with E-state index in [1.54, 1.807) is 6.07 Å². The minimum absolute atomic E-state index is 0.0215. The lowest BCUT2D eigenvalue weighted by Crippen LogP contribution is -2.35. The van der Waals surface area contributed by atoms with E-state index in [0.717, 1.165) is 16.0 Å². The molecule has 0 bridgehead atoms. The molecule has 0 aromatic heterocycles. The maximum Gasteiger partial charge on any atom is 0.296 e. The van der Waals surface area contributed by atoms with E-state index in [1.165, 1.54) is 0 Å². The normalized spacial score (nSPS) is 15.4. The van der Waals surface area contributed by atoms with Crippen LogP contribution in [0.2, 0.25) is 0 Å². The van der Waals surface area contributed by atoms with Crippen molar-refractivity contribution in [3.63, 3.8) is 0 Å². The lowest BCUT2D eigenvalue weighted by molar-refractivity contribution is -0.139. The number of hydrogen-bond acceptors (Lipinski definition) is 4. The Morgan fingerprint density at radius 2 is 1.86 bits per heavy atom. The van der Waals surface area contributed by atoms with Gasteiger partial charge < -0.3 is 9.84 Å². The van der Waals surface area contributed by atoms with E-state index in [4.69, 9.17) is 4.74 Å². The minimum atomic E-state index is -0.660. The molecular weight excluding hydrogens is 282 g/mol. The zero-order valence-corrected chi connectivity index (χ0v) is 13.3. The zero-order valence-electron chi connectivity index (χ0n) is 13.3. The molecule has 0 saturated heterocycles. The fourth-order valence-electron chi connectivity index (χ4n) is 2.48. The number of imide groups is 1. The molecule has 5 nitrogen and oxygen atoms in total. The third kappa shape index (κ3) is 3.04. The molecule has 1 aliphatic heterocycles. The van der Waals surface area contributed by atoms with E-state index in [2.05, 4.69) is 0 Å². The molecular formula is C17H21NO4. The predicted octanol–water partition coefficient (Wildman–Crippen LogP) is 2.37. The number of ether oxygens (including phenoxy) is 1. The molecule has 22 heavy (non-hydrogen) atoms. The first-order valence-corrected chi connectivity index (χ1v) is 7.31. The van der Waals surface area contributed by atoms with E-state index in [9.17, 15) is 14.7 Å². The average molecular weight is 303 g/mol. The van der Waals surface area contributed by atoms with Crippen LogP contribution in [0.15, 0.2) is 24.0 Å². The van der Waals surface area contributed by atoms with Gasteiger partial charge in [-0.1, -0.05) is 23.8 Å². The number of amides is 2. The number of benzene rings is 1. The summed E-state index contributed by atoms with van der Waals surface area (Å²) in [5, 5.41) is 10.1. The second-order valence-corrected chi connectivity index (χ2v) is 5.72. The maximum absolute atomic E-state index is 12.5. The summed E-state index contributed by atoms with van der Waals surface area (Å²) in [6.45, 7) is 7.94. The zero-order chi connectivity index (χ0) is 16.4. The molecule has 1 N–H and O–H groups in total. The Morgan fingerprint density at radius 3 is 2.45 bits per heavy atom. The Hall–Kier alpha value is -2.14. The molecule has 0 fully saturated rings. The highest BCUT2D eigenvalue weighted by atomic mass is 16.5. The summed E-state index contributed by atoms with van der Waals surface area (Å²) in [4.78, 5) is 25.6. The van der Waals surface area contributed by atoms with Gasteiger partial charge in [-0.2, -0.15) is 0 Å². The molecule has 0 spiro atoms. The van der Waals surface area contributed by atoms with Gasteiger partial charge in [0.25, 0.3) is 11.8 Å². The highest BCUT2D eigenvalue weighted by Crippen LogP contribution is 2.30. The standard InChI is InChI=1S/C17H21NO4/c1-10(2)22-8-7-18-16(20)14(15(19)17(18)21)13-6-5-11(3)9-12(13)4/h5-6,9-10,19H,7-8H2,1-4H3. The first-order chi connectivity index (χ1) is 10.3. The lowest BCUT2D eigenvalue weighted by atomic mass is 9.98.